The quantitative estimate of drug-likeness (QED) is 0.806. The summed E-state index contributed by atoms with van der Waals surface area (Å²) in [5, 5.41) is 13.1. The Hall–Kier alpha value is -1.45. The zero-order chi connectivity index (χ0) is 12.6. The van der Waals surface area contributed by atoms with Crippen LogP contribution in [0.3, 0.4) is 0 Å². The van der Waals surface area contributed by atoms with E-state index in [2.05, 4.69) is 11.1 Å². The number of aromatic nitrogens is 1. The average Bonchev–Trinajstić information content (AvgIpc) is 2.42. The van der Waals surface area contributed by atoms with Gasteiger partial charge in [-0.05, 0) is 42.7 Å². The molecule has 1 heterocycles. The summed E-state index contributed by atoms with van der Waals surface area (Å²) in [4.78, 5) is 4.18. The van der Waals surface area contributed by atoms with Gasteiger partial charge in [0.15, 0.2) is 0 Å². The van der Waals surface area contributed by atoms with Crippen LogP contribution in [-0.2, 0) is 5.60 Å². The Bertz CT molecular complexity index is 554. The Balaban J connectivity index is 2.08. The summed E-state index contributed by atoms with van der Waals surface area (Å²) >= 11 is 0. The summed E-state index contributed by atoms with van der Waals surface area (Å²) in [5.41, 5.74) is 6.19. The van der Waals surface area contributed by atoms with Crippen LogP contribution in [0.25, 0.3) is 10.8 Å². The van der Waals surface area contributed by atoms with Crippen molar-refractivity contribution in [3.05, 3.63) is 42.2 Å². The maximum Gasteiger partial charge on any atom is 0.0904 e. The lowest BCUT2D eigenvalue weighted by Crippen LogP contribution is -2.36. The van der Waals surface area contributed by atoms with Crippen molar-refractivity contribution in [3.63, 3.8) is 0 Å². The van der Waals surface area contributed by atoms with Crippen LogP contribution < -0.4 is 5.73 Å². The first-order valence-electron chi connectivity index (χ1n) is 6.50. The fourth-order valence-corrected chi connectivity index (χ4v) is 2.91. The molecule has 0 aliphatic heterocycles. The third-order valence-corrected chi connectivity index (χ3v) is 4.04. The lowest BCUT2D eigenvalue weighted by Gasteiger charge is -2.35. The van der Waals surface area contributed by atoms with Crippen molar-refractivity contribution >= 4 is 10.8 Å². The molecule has 0 unspecified atom stereocenters. The van der Waals surface area contributed by atoms with Crippen LogP contribution in [0.4, 0.5) is 0 Å². The van der Waals surface area contributed by atoms with E-state index in [1.165, 1.54) is 0 Å². The minimum atomic E-state index is -0.738. The van der Waals surface area contributed by atoms with Crippen LogP contribution in [0.15, 0.2) is 36.7 Å². The van der Waals surface area contributed by atoms with Crippen LogP contribution in [0.2, 0.25) is 0 Å². The predicted octanol–water partition coefficient (Wildman–Crippen LogP) is 2.32. The Morgan fingerprint density at radius 3 is 2.78 bits per heavy atom. The zero-order valence-electron chi connectivity index (χ0n) is 10.3. The van der Waals surface area contributed by atoms with E-state index in [-0.39, 0.29) is 6.04 Å². The molecular formula is C15H18N2O. The van der Waals surface area contributed by atoms with Crippen molar-refractivity contribution in [3.8, 4) is 0 Å². The van der Waals surface area contributed by atoms with E-state index in [0.29, 0.717) is 0 Å². The first-order valence-corrected chi connectivity index (χ1v) is 6.50. The lowest BCUT2D eigenvalue weighted by atomic mass is 9.77. The molecule has 94 valence electrons. The SMILES string of the molecule is NC1CCC(O)(c2cccc3ccncc23)CC1. The second kappa shape index (κ2) is 4.34. The summed E-state index contributed by atoms with van der Waals surface area (Å²) in [6, 6.07) is 8.29. The van der Waals surface area contributed by atoms with Gasteiger partial charge in [0.1, 0.15) is 0 Å². The Morgan fingerprint density at radius 1 is 1.22 bits per heavy atom. The van der Waals surface area contributed by atoms with Gasteiger partial charge in [0, 0.05) is 23.8 Å². The standard InChI is InChI=1S/C15H18N2O/c16-12-4-7-15(18,8-5-12)14-3-1-2-11-6-9-17-10-13(11)14/h1-3,6,9-10,12,18H,4-5,7-8,16H2. The number of hydrogen-bond donors (Lipinski definition) is 2. The number of fused-ring (bicyclic) bond motifs is 1. The molecule has 0 saturated heterocycles. The topological polar surface area (TPSA) is 59.1 Å². The lowest BCUT2D eigenvalue weighted by molar-refractivity contribution is -0.00361. The van der Waals surface area contributed by atoms with Crippen molar-refractivity contribution in [2.45, 2.75) is 37.3 Å². The van der Waals surface area contributed by atoms with E-state index < -0.39 is 5.60 Å². The number of pyridine rings is 1. The molecule has 0 atom stereocenters. The van der Waals surface area contributed by atoms with Gasteiger partial charge in [-0.15, -0.1) is 0 Å². The molecule has 1 fully saturated rings. The third-order valence-electron chi connectivity index (χ3n) is 4.04. The monoisotopic (exact) mass is 242 g/mol. The molecule has 0 radical (unpaired) electrons. The molecule has 3 nitrogen and oxygen atoms in total. The van der Waals surface area contributed by atoms with E-state index in [1.54, 1.807) is 6.20 Å². The maximum absolute atomic E-state index is 10.9. The molecular weight excluding hydrogens is 224 g/mol. The highest BCUT2D eigenvalue weighted by molar-refractivity contribution is 5.85. The van der Waals surface area contributed by atoms with Crippen LogP contribution in [0.1, 0.15) is 31.2 Å². The molecule has 0 spiro atoms. The molecule has 1 aromatic carbocycles. The number of benzene rings is 1. The first-order chi connectivity index (χ1) is 8.69. The largest absolute Gasteiger partial charge is 0.385 e. The summed E-state index contributed by atoms with van der Waals surface area (Å²) in [6.07, 6.45) is 6.87. The van der Waals surface area contributed by atoms with Gasteiger partial charge in [-0.1, -0.05) is 18.2 Å². The van der Waals surface area contributed by atoms with Gasteiger partial charge < -0.3 is 10.8 Å². The van der Waals surface area contributed by atoms with E-state index in [9.17, 15) is 5.11 Å². The van der Waals surface area contributed by atoms with Gasteiger partial charge in [0.2, 0.25) is 0 Å². The highest BCUT2D eigenvalue weighted by Gasteiger charge is 2.34. The van der Waals surface area contributed by atoms with E-state index in [0.717, 1.165) is 42.0 Å². The highest BCUT2D eigenvalue weighted by Crippen LogP contribution is 2.39. The van der Waals surface area contributed by atoms with Crippen molar-refractivity contribution in [1.29, 1.82) is 0 Å². The highest BCUT2D eigenvalue weighted by atomic mass is 16.3. The molecule has 0 bridgehead atoms. The fraction of sp³-hybridized carbons (Fsp3) is 0.400. The van der Waals surface area contributed by atoms with Crippen molar-refractivity contribution in [2.75, 3.05) is 0 Å². The van der Waals surface area contributed by atoms with Crippen molar-refractivity contribution in [2.24, 2.45) is 5.73 Å². The van der Waals surface area contributed by atoms with Gasteiger partial charge in [0.25, 0.3) is 0 Å². The number of nitrogens with two attached hydrogens (primary N) is 1. The molecule has 1 saturated carbocycles. The smallest absolute Gasteiger partial charge is 0.0904 e. The summed E-state index contributed by atoms with van der Waals surface area (Å²) in [5.74, 6) is 0. The van der Waals surface area contributed by atoms with E-state index in [1.807, 2.05) is 24.4 Å². The van der Waals surface area contributed by atoms with Gasteiger partial charge >= 0.3 is 0 Å². The number of rotatable bonds is 1. The fourth-order valence-electron chi connectivity index (χ4n) is 2.91. The second-order valence-corrected chi connectivity index (χ2v) is 5.27. The predicted molar refractivity (Wildman–Crippen MR) is 72.1 cm³/mol. The van der Waals surface area contributed by atoms with Crippen LogP contribution in [0.5, 0.6) is 0 Å². The average molecular weight is 242 g/mol. The van der Waals surface area contributed by atoms with Crippen molar-refractivity contribution < 1.29 is 5.11 Å². The van der Waals surface area contributed by atoms with E-state index >= 15 is 0 Å². The van der Waals surface area contributed by atoms with Gasteiger partial charge in [-0.2, -0.15) is 0 Å². The number of nitrogens with zero attached hydrogens (tertiary/aromatic N) is 1. The second-order valence-electron chi connectivity index (χ2n) is 5.27. The third kappa shape index (κ3) is 1.89. The number of hydrogen-bond acceptors (Lipinski definition) is 3. The minimum absolute atomic E-state index is 0.235. The molecule has 18 heavy (non-hydrogen) atoms. The van der Waals surface area contributed by atoms with Gasteiger partial charge in [-0.25, -0.2) is 0 Å². The van der Waals surface area contributed by atoms with Gasteiger partial charge in [0.05, 0.1) is 5.60 Å². The Kier molecular flexibility index (Phi) is 2.80. The normalized spacial score (nSPS) is 28.4. The summed E-state index contributed by atoms with van der Waals surface area (Å²) in [7, 11) is 0. The van der Waals surface area contributed by atoms with Crippen LogP contribution in [0, 0.1) is 0 Å². The molecule has 3 rings (SSSR count). The molecule has 1 aliphatic rings. The maximum atomic E-state index is 10.9. The first kappa shape index (κ1) is 11.6. The molecule has 2 aromatic rings. The van der Waals surface area contributed by atoms with Crippen molar-refractivity contribution in [1.82, 2.24) is 4.98 Å². The molecule has 3 N–H and O–H groups in total. The van der Waals surface area contributed by atoms with Gasteiger partial charge in [-0.3, -0.25) is 4.98 Å². The zero-order valence-corrected chi connectivity index (χ0v) is 10.3. The Labute approximate surface area is 107 Å². The van der Waals surface area contributed by atoms with Crippen LogP contribution >= 0.6 is 0 Å². The molecule has 3 heteroatoms. The van der Waals surface area contributed by atoms with E-state index in [4.69, 9.17) is 5.73 Å². The Morgan fingerprint density at radius 2 is 2.00 bits per heavy atom. The molecule has 1 aliphatic carbocycles. The summed E-state index contributed by atoms with van der Waals surface area (Å²) in [6.45, 7) is 0. The van der Waals surface area contributed by atoms with Crippen LogP contribution in [-0.4, -0.2) is 16.1 Å². The molecule has 0 amide bonds. The minimum Gasteiger partial charge on any atom is -0.385 e. The molecule has 1 aromatic heterocycles. The number of aliphatic hydroxyl groups is 1. The summed E-state index contributed by atoms with van der Waals surface area (Å²) < 4.78 is 0.